The maximum atomic E-state index is 14.3. The van der Waals surface area contributed by atoms with Crippen molar-refractivity contribution in [3.63, 3.8) is 0 Å². The van der Waals surface area contributed by atoms with E-state index in [1.807, 2.05) is 84.8 Å². The van der Waals surface area contributed by atoms with Crippen molar-refractivity contribution in [3.05, 3.63) is 35.4 Å². The largest absolute Gasteiger partial charge is 0.350 e. The quantitative estimate of drug-likeness (QED) is 0.259. The zero-order valence-corrected chi connectivity index (χ0v) is 31.3. The van der Waals surface area contributed by atoms with Gasteiger partial charge in [-0.25, -0.2) is 0 Å². The van der Waals surface area contributed by atoms with Crippen LogP contribution in [0.5, 0.6) is 0 Å². The summed E-state index contributed by atoms with van der Waals surface area (Å²) in [5.41, 5.74) is 2.06. The number of hydrogen-bond acceptors (Lipinski definition) is 7. The molecule has 0 saturated carbocycles. The Morgan fingerprint density at radius 1 is 0.792 bits per heavy atom. The molecule has 0 aliphatic carbocycles. The highest BCUT2D eigenvalue weighted by Gasteiger charge is 2.45. The molecule has 0 spiro atoms. The second-order valence-corrected chi connectivity index (χ2v) is 14.9. The van der Waals surface area contributed by atoms with E-state index >= 15 is 0 Å². The van der Waals surface area contributed by atoms with Gasteiger partial charge in [-0.2, -0.15) is 12.6 Å². The van der Waals surface area contributed by atoms with Crippen LogP contribution < -0.4 is 10.6 Å². The summed E-state index contributed by atoms with van der Waals surface area (Å²) in [5.74, 6) is -1.06. The van der Waals surface area contributed by atoms with Gasteiger partial charge in [-0.3, -0.25) is 28.9 Å². The molecule has 5 atom stereocenters. The third-order valence-corrected chi connectivity index (χ3v) is 10.0. The Morgan fingerprint density at radius 3 is 1.85 bits per heavy atom. The Balaban J connectivity index is 1.74. The highest BCUT2D eigenvalue weighted by atomic mass is 32.1. The van der Waals surface area contributed by atoms with Gasteiger partial charge in [0.2, 0.25) is 29.5 Å². The summed E-state index contributed by atoms with van der Waals surface area (Å²) in [5, 5.41) is 5.96. The number of nitrogens with zero attached hydrogens (tertiary/aromatic N) is 4. The Labute approximate surface area is 292 Å². The van der Waals surface area contributed by atoms with Crippen molar-refractivity contribution in [2.45, 2.75) is 110 Å². The van der Waals surface area contributed by atoms with Gasteiger partial charge in [0.15, 0.2) is 0 Å². The first-order valence-corrected chi connectivity index (χ1v) is 18.0. The van der Waals surface area contributed by atoms with Crippen LogP contribution in [0.3, 0.4) is 0 Å². The molecule has 2 aliphatic heterocycles. The fourth-order valence-corrected chi connectivity index (χ4v) is 7.37. The second-order valence-electron chi connectivity index (χ2n) is 14.6. The van der Waals surface area contributed by atoms with Crippen molar-refractivity contribution in [2.75, 3.05) is 34.2 Å². The number of benzene rings is 1. The van der Waals surface area contributed by atoms with Gasteiger partial charge in [-0.05, 0) is 68.7 Å². The first-order chi connectivity index (χ1) is 22.6. The highest BCUT2D eigenvalue weighted by Crippen LogP contribution is 2.28. The molecular weight excluding hydrogens is 629 g/mol. The van der Waals surface area contributed by atoms with Gasteiger partial charge in [0.05, 0.1) is 6.04 Å². The molecule has 48 heavy (non-hydrogen) atoms. The zero-order chi connectivity index (χ0) is 35.9. The SMILES string of the molecule is CC(C)[C@H](NC(=O)[C@H](C(C)C)N(C)C)C(=O)N(C)[C@H](C(=O)N1CCC[C@H]1C(=O)N1CCC[C@H]1C(=O)NCc1ccc(CS)cc1)C(C)C. The van der Waals surface area contributed by atoms with E-state index in [0.717, 1.165) is 11.1 Å². The van der Waals surface area contributed by atoms with Crippen LogP contribution in [-0.4, -0.2) is 114 Å². The lowest BCUT2D eigenvalue weighted by molar-refractivity contribution is -0.153. The molecule has 268 valence electrons. The van der Waals surface area contributed by atoms with E-state index in [1.165, 1.54) is 4.90 Å². The van der Waals surface area contributed by atoms with Crippen LogP contribution in [0.25, 0.3) is 0 Å². The minimum atomic E-state index is -0.828. The van der Waals surface area contributed by atoms with Gasteiger partial charge < -0.3 is 25.3 Å². The number of nitrogens with one attached hydrogen (secondary N) is 2. The summed E-state index contributed by atoms with van der Waals surface area (Å²) in [6, 6.07) is 4.53. The topological polar surface area (TPSA) is 122 Å². The normalized spacial score (nSPS) is 20.0. The average molecular weight is 687 g/mol. The van der Waals surface area contributed by atoms with E-state index in [4.69, 9.17) is 0 Å². The molecule has 3 rings (SSSR count). The number of hydrogen-bond donors (Lipinski definition) is 3. The standard InChI is InChI=1S/C36H58N6O5S/c1-22(2)29(38-33(44)30(23(3)4)39(7)8)35(46)40(9)31(24(5)6)36(47)42-19-11-13-28(42)34(45)41-18-10-12-27(41)32(43)37-20-25-14-16-26(21-48)17-15-25/h14-17,22-24,27-31,48H,10-13,18-21H2,1-9H3,(H,37,43)(H,38,44)/t27-,28-,29-,30-,31-/m0/s1. The Morgan fingerprint density at radius 2 is 1.33 bits per heavy atom. The van der Waals surface area contributed by atoms with Crippen LogP contribution >= 0.6 is 12.6 Å². The summed E-state index contributed by atoms with van der Waals surface area (Å²) >= 11 is 4.29. The molecule has 2 heterocycles. The summed E-state index contributed by atoms with van der Waals surface area (Å²) in [6.07, 6.45) is 2.43. The van der Waals surface area contributed by atoms with Gasteiger partial charge in [-0.1, -0.05) is 65.8 Å². The lowest BCUT2D eigenvalue weighted by atomic mass is 9.96. The molecule has 2 saturated heterocycles. The molecule has 0 radical (unpaired) electrons. The van der Waals surface area contributed by atoms with Crippen LogP contribution in [0, 0.1) is 17.8 Å². The van der Waals surface area contributed by atoms with Crippen molar-refractivity contribution in [1.29, 1.82) is 0 Å². The lowest BCUT2D eigenvalue weighted by Crippen LogP contribution is -2.61. The molecule has 1 aromatic rings. The zero-order valence-electron chi connectivity index (χ0n) is 30.4. The molecule has 0 bridgehead atoms. The average Bonchev–Trinajstić information content (AvgIpc) is 3.72. The van der Waals surface area contributed by atoms with Gasteiger partial charge in [0.25, 0.3) is 0 Å². The lowest BCUT2D eigenvalue weighted by Gasteiger charge is -2.38. The second kappa shape index (κ2) is 17.5. The summed E-state index contributed by atoms with van der Waals surface area (Å²) in [7, 11) is 5.29. The minimum Gasteiger partial charge on any atom is -0.350 e. The van der Waals surface area contributed by atoms with Gasteiger partial charge in [0.1, 0.15) is 24.2 Å². The third-order valence-electron chi connectivity index (χ3n) is 9.67. The molecule has 5 amide bonds. The predicted molar refractivity (Wildman–Crippen MR) is 191 cm³/mol. The number of carbonyl (C=O) groups excluding carboxylic acids is 5. The molecule has 0 aromatic heterocycles. The predicted octanol–water partition coefficient (Wildman–Crippen LogP) is 2.92. The van der Waals surface area contributed by atoms with E-state index in [0.29, 0.717) is 51.1 Å². The molecule has 2 fully saturated rings. The fraction of sp³-hybridized carbons (Fsp3) is 0.694. The minimum absolute atomic E-state index is 0.0343. The van der Waals surface area contributed by atoms with E-state index in [9.17, 15) is 24.0 Å². The van der Waals surface area contributed by atoms with E-state index in [1.54, 1.807) is 16.8 Å². The van der Waals surface area contributed by atoms with Crippen LogP contribution in [0.1, 0.15) is 78.4 Å². The van der Waals surface area contributed by atoms with Gasteiger partial charge in [-0.15, -0.1) is 0 Å². The summed E-state index contributed by atoms with van der Waals surface area (Å²) in [6.45, 7) is 12.7. The maximum absolute atomic E-state index is 14.3. The van der Waals surface area contributed by atoms with E-state index in [2.05, 4.69) is 23.3 Å². The number of likely N-dealkylation sites (tertiary alicyclic amines) is 2. The van der Waals surface area contributed by atoms with Crippen molar-refractivity contribution < 1.29 is 24.0 Å². The summed E-state index contributed by atoms with van der Waals surface area (Å²) in [4.78, 5) is 75.4. The number of likely N-dealkylation sites (N-methyl/N-ethyl adjacent to an activating group) is 2. The Hall–Kier alpha value is -3.12. The highest BCUT2D eigenvalue weighted by molar-refractivity contribution is 7.79. The first kappa shape index (κ1) is 39.3. The third kappa shape index (κ3) is 9.31. The number of amides is 5. The van der Waals surface area contributed by atoms with Crippen molar-refractivity contribution >= 4 is 42.2 Å². The van der Waals surface area contributed by atoms with E-state index in [-0.39, 0.29) is 47.3 Å². The van der Waals surface area contributed by atoms with E-state index < -0.39 is 30.2 Å². The monoisotopic (exact) mass is 686 g/mol. The Kier molecular flexibility index (Phi) is 14.3. The molecule has 2 N–H and O–H groups in total. The molecular formula is C36H58N6O5S. The number of thiol groups is 1. The van der Waals surface area contributed by atoms with Crippen molar-refractivity contribution in [1.82, 2.24) is 30.2 Å². The fourth-order valence-electron chi connectivity index (χ4n) is 7.16. The van der Waals surface area contributed by atoms with Gasteiger partial charge >= 0.3 is 0 Å². The first-order valence-electron chi connectivity index (χ1n) is 17.4. The smallest absolute Gasteiger partial charge is 0.246 e. The van der Waals surface area contributed by atoms with Crippen LogP contribution in [0.2, 0.25) is 0 Å². The van der Waals surface area contributed by atoms with Crippen molar-refractivity contribution in [2.24, 2.45) is 17.8 Å². The molecule has 11 nitrogen and oxygen atoms in total. The number of rotatable bonds is 14. The Bertz CT molecular complexity index is 1280. The van der Waals surface area contributed by atoms with Crippen LogP contribution in [0.15, 0.2) is 24.3 Å². The van der Waals surface area contributed by atoms with Gasteiger partial charge in [0, 0.05) is 32.4 Å². The maximum Gasteiger partial charge on any atom is 0.246 e. The number of carbonyl (C=O) groups is 5. The van der Waals surface area contributed by atoms with Crippen LogP contribution in [-0.2, 0) is 36.3 Å². The molecule has 2 aliphatic rings. The molecule has 1 aromatic carbocycles. The molecule has 0 unspecified atom stereocenters. The summed E-state index contributed by atoms with van der Waals surface area (Å²) < 4.78 is 0. The molecule has 12 heteroatoms. The van der Waals surface area contributed by atoms with Crippen LogP contribution in [0.4, 0.5) is 0 Å². The van der Waals surface area contributed by atoms with Crippen molar-refractivity contribution in [3.8, 4) is 0 Å².